The highest BCUT2D eigenvalue weighted by molar-refractivity contribution is 6.46. The van der Waals surface area contributed by atoms with Crippen LogP contribution in [0.1, 0.15) is 11.1 Å². The summed E-state index contributed by atoms with van der Waals surface area (Å²) in [4.78, 5) is 38.3. The number of hydrogen-bond donors (Lipinski definition) is 1. The summed E-state index contributed by atoms with van der Waals surface area (Å²) in [5.74, 6) is -0.965. The highest BCUT2D eigenvalue weighted by atomic mass is 16.6. The maximum atomic E-state index is 13.4. The third-order valence-electron chi connectivity index (χ3n) is 4.85. The number of nitrogens with one attached hydrogen (secondary N) is 1. The molecular weight excluding hydrogens is 382 g/mol. The van der Waals surface area contributed by atoms with E-state index >= 15 is 0 Å². The van der Waals surface area contributed by atoms with Crippen molar-refractivity contribution in [2.45, 2.75) is 6.92 Å². The van der Waals surface area contributed by atoms with E-state index in [1.165, 1.54) is 24.3 Å². The molecule has 0 atom stereocenters. The summed E-state index contributed by atoms with van der Waals surface area (Å²) in [6.07, 6.45) is 0. The molecule has 2 amide bonds. The summed E-state index contributed by atoms with van der Waals surface area (Å²) >= 11 is 0. The first-order valence-electron chi connectivity index (χ1n) is 9.23. The van der Waals surface area contributed by atoms with Crippen LogP contribution in [-0.2, 0) is 9.59 Å². The van der Waals surface area contributed by atoms with Crippen LogP contribution in [0.3, 0.4) is 0 Å². The van der Waals surface area contributed by atoms with Gasteiger partial charge in [-0.15, -0.1) is 0 Å². The molecule has 4 rings (SSSR count). The lowest BCUT2D eigenvalue weighted by Gasteiger charge is -2.17. The molecule has 30 heavy (non-hydrogen) atoms. The largest absolute Gasteiger partial charge is 0.350 e. The number of aryl methyl sites for hydroxylation is 1. The Bertz CT molecular complexity index is 1180. The second-order valence-electron chi connectivity index (χ2n) is 6.78. The van der Waals surface area contributed by atoms with E-state index < -0.39 is 16.7 Å². The van der Waals surface area contributed by atoms with Gasteiger partial charge in [-0.05, 0) is 48.4 Å². The molecule has 0 fully saturated rings. The zero-order valence-corrected chi connectivity index (χ0v) is 16.0. The molecule has 0 radical (unpaired) electrons. The molecule has 1 aliphatic heterocycles. The molecule has 0 unspecified atom stereocenters. The fourth-order valence-corrected chi connectivity index (χ4v) is 3.36. The van der Waals surface area contributed by atoms with Gasteiger partial charge in [0.25, 0.3) is 17.5 Å². The van der Waals surface area contributed by atoms with E-state index in [-0.39, 0.29) is 17.0 Å². The second-order valence-corrected chi connectivity index (χ2v) is 6.78. The number of nitrogens with zero attached hydrogens (tertiary/aromatic N) is 2. The van der Waals surface area contributed by atoms with Crippen molar-refractivity contribution in [1.29, 1.82) is 0 Å². The molecule has 148 valence electrons. The number of imide groups is 1. The van der Waals surface area contributed by atoms with Gasteiger partial charge >= 0.3 is 0 Å². The molecule has 0 bridgehead atoms. The molecule has 1 N–H and O–H groups in total. The van der Waals surface area contributed by atoms with Gasteiger partial charge in [0.2, 0.25) is 0 Å². The molecule has 7 nitrogen and oxygen atoms in total. The fourth-order valence-electron chi connectivity index (χ4n) is 3.36. The number of non-ortho nitro benzene ring substituents is 1. The van der Waals surface area contributed by atoms with Crippen LogP contribution < -0.4 is 10.2 Å². The zero-order chi connectivity index (χ0) is 21.3. The Morgan fingerprint density at radius 2 is 1.47 bits per heavy atom. The van der Waals surface area contributed by atoms with Crippen molar-refractivity contribution in [3.8, 4) is 0 Å². The lowest BCUT2D eigenvalue weighted by molar-refractivity contribution is -0.384. The Hall–Kier alpha value is -4.26. The van der Waals surface area contributed by atoms with E-state index in [2.05, 4.69) is 5.32 Å². The van der Waals surface area contributed by atoms with E-state index in [0.29, 0.717) is 16.9 Å². The minimum atomic E-state index is -0.511. The predicted octanol–water partition coefficient (Wildman–Crippen LogP) is 4.30. The highest BCUT2D eigenvalue weighted by Crippen LogP contribution is 2.35. The SMILES string of the molecule is Cc1ccccc1N1C(=O)C(Nc2ccccc2)=C(c2ccc([N+](=O)[O-])cc2)C1=O. The van der Waals surface area contributed by atoms with Crippen molar-refractivity contribution in [3.05, 3.63) is 106 Å². The highest BCUT2D eigenvalue weighted by Gasteiger charge is 2.40. The van der Waals surface area contributed by atoms with Gasteiger partial charge in [0, 0.05) is 17.8 Å². The molecule has 7 heteroatoms. The average Bonchev–Trinajstić information content (AvgIpc) is 2.99. The lowest BCUT2D eigenvalue weighted by Crippen LogP contribution is -2.33. The first-order valence-corrected chi connectivity index (χ1v) is 9.23. The minimum absolute atomic E-state index is 0.0931. The number of carbonyl (C=O) groups excluding carboxylic acids is 2. The van der Waals surface area contributed by atoms with Crippen LogP contribution in [0.25, 0.3) is 5.57 Å². The Kier molecular flexibility index (Phi) is 4.85. The summed E-state index contributed by atoms with van der Waals surface area (Å²) in [6.45, 7) is 1.82. The molecule has 0 aromatic heterocycles. The van der Waals surface area contributed by atoms with Gasteiger partial charge in [0.15, 0.2) is 0 Å². The number of carbonyl (C=O) groups is 2. The molecule has 1 heterocycles. The van der Waals surface area contributed by atoms with Gasteiger partial charge in [0.05, 0.1) is 16.2 Å². The molecule has 0 aliphatic carbocycles. The average molecular weight is 399 g/mol. The maximum absolute atomic E-state index is 13.4. The van der Waals surface area contributed by atoms with E-state index in [9.17, 15) is 19.7 Å². The molecule has 1 aliphatic rings. The molecule has 0 saturated carbocycles. The summed E-state index contributed by atoms with van der Waals surface area (Å²) in [6, 6.07) is 21.8. The van der Waals surface area contributed by atoms with Crippen LogP contribution in [0.4, 0.5) is 17.1 Å². The van der Waals surface area contributed by atoms with Gasteiger partial charge in [-0.1, -0.05) is 36.4 Å². The molecule has 3 aromatic rings. The smallest absolute Gasteiger partial charge is 0.282 e. The second kappa shape index (κ2) is 7.63. The minimum Gasteiger partial charge on any atom is -0.350 e. The first-order chi connectivity index (χ1) is 14.5. The van der Waals surface area contributed by atoms with E-state index in [0.717, 1.165) is 10.5 Å². The maximum Gasteiger partial charge on any atom is 0.282 e. The van der Waals surface area contributed by atoms with E-state index in [1.807, 2.05) is 37.3 Å². The van der Waals surface area contributed by atoms with E-state index in [4.69, 9.17) is 0 Å². The van der Waals surface area contributed by atoms with Crippen LogP contribution in [0.15, 0.2) is 84.6 Å². The number of para-hydroxylation sites is 2. The topological polar surface area (TPSA) is 92.6 Å². The summed E-state index contributed by atoms with van der Waals surface area (Å²) < 4.78 is 0. The predicted molar refractivity (Wildman–Crippen MR) is 114 cm³/mol. The van der Waals surface area contributed by atoms with Crippen LogP contribution in [0.2, 0.25) is 0 Å². The van der Waals surface area contributed by atoms with Crippen molar-refractivity contribution >= 4 is 34.4 Å². The Balaban J connectivity index is 1.83. The van der Waals surface area contributed by atoms with Crippen molar-refractivity contribution in [2.75, 3.05) is 10.2 Å². The fraction of sp³-hybridized carbons (Fsp3) is 0.0435. The third-order valence-corrected chi connectivity index (χ3v) is 4.85. The number of amides is 2. The van der Waals surface area contributed by atoms with Crippen LogP contribution in [-0.4, -0.2) is 16.7 Å². The molecule has 0 saturated heterocycles. The summed E-state index contributed by atoms with van der Waals surface area (Å²) in [7, 11) is 0. The van der Waals surface area contributed by atoms with Crippen molar-refractivity contribution in [1.82, 2.24) is 0 Å². The van der Waals surface area contributed by atoms with Gasteiger partial charge in [0.1, 0.15) is 5.70 Å². The number of rotatable bonds is 5. The van der Waals surface area contributed by atoms with E-state index in [1.54, 1.807) is 24.3 Å². The third kappa shape index (κ3) is 3.33. The van der Waals surface area contributed by atoms with Crippen LogP contribution >= 0.6 is 0 Å². The molecule has 0 spiro atoms. The normalized spacial score (nSPS) is 13.7. The van der Waals surface area contributed by atoms with Gasteiger partial charge in [-0.25, -0.2) is 4.90 Å². The number of nitro groups is 1. The Labute approximate surface area is 172 Å². The molecular formula is C23H17N3O4. The first kappa shape index (κ1) is 19.1. The van der Waals surface area contributed by atoms with Gasteiger partial charge in [-0.2, -0.15) is 0 Å². The number of nitro benzene ring substituents is 1. The number of anilines is 2. The quantitative estimate of drug-likeness (QED) is 0.392. The van der Waals surface area contributed by atoms with Crippen LogP contribution in [0.5, 0.6) is 0 Å². The van der Waals surface area contributed by atoms with Crippen LogP contribution in [0, 0.1) is 17.0 Å². The van der Waals surface area contributed by atoms with Gasteiger partial charge < -0.3 is 5.32 Å². The monoisotopic (exact) mass is 399 g/mol. The Morgan fingerprint density at radius 1 is 0.833 bits per heavy atom. The zero-order valence-electron chi connectivity index (χ0n) is 16.0. The van der Waals surface area contributed by atoms with Crippen molar-refractivity contribution in [2.24, 2.45) is 0 Å². The summed E-state index contributed by atoms with van der Waals surface area (Å²) in [5, 5.41) is 14.0. The standard InChI is InChI=1S/C23H17N3O4/c1-15-7-5-6-10-19(15)25-22(27)20(16-11-13-18(14-12-16)26(29)30)21(23(25)28)24-17-8-3-2-4-9-17/h2-14,24H,1H3. The number of benzene rings is 3. The molecule has 3 aromatic carbocycles. The number of hydrogen-bond acceptors (Lipinski definition) is 5. The lowest BCUT2D eigenvalue weighted by atomic mass is 10.0. The van der Waals surface area contributed by atoms with Gasteiger partial charge in [-0.3, -0.25) is 19.7 Å². The summed E-state index contributed by atoms with van der Waals surface area (Å²) in [5.41, 5.74) is 2.56. The van der Waals surface area contributed by atoms with Crippen molar-refractivity contribution < 1.29 is 14.5 Å². The van der Waals surface area contributed by atoms with Crippen molar-refractivity contribution in [3.63, 3.8) is 0 Å². The Morgan fingerprint density at radius 3 is 2.10 bits per heavy atom.